The lowest BCUT2D eigenvalue weighted by atomic mass is 10.2. The van der Waals surface area contributed by atoms with Gasteiger partial charge in [0.05, 0.1) is 12.1 Å². The van der Waals surface area contributed by atoms with Crippen molar-refractivity contribution >= 4 is 23.3 Å². The van der Waals surface area contributed by atoms with E-state index >= 15 is 0 Å². The average Bonchev–Trinajstić information content (AvgIpc) is 3.04. The van der Waals surface area contributed by atoms with Crippen molar-refractivity contribution in [2.45, 2.75) is 6.54 Å². The second-order valence-corrected chi connectivity index (χ2v) is 5.24. The van der Waals surface area contributed by atoms with Crippen molar-refractivity contribution in [2.24, 2.45) is 0 Å². The van der Waals surface area contributed by atoms with Gasteiger partial charge in [0, 0.05) is 4.88 Å². The largest absolute Gasteiger partial charge is 0.482 e. The lowest BCUT2D eigenvalue weighted by Gasteiger charge is -2.08. The van der Waals surface area contributed by atoms with Crippen LogP contribution in [-0.4, -0.2) is 18.5 Å². The van der Waals surface area contributed by atoms with E-state index in [2.05, 4.69) is 10.6 Å². The Balaban J connectivity index is 1.75. The van der Waals surface area contributed by atoms with Gasteiger partial charge in [0.2, 0.25) is 0 Å². The molecule has 0 unspecified atom stereocenters. The van der Waals surface area contributed by atoms with Crippen molar-refractivity contribution in [1.29, 1.82) is 5.26 Å². The molecule has 2 aromatic rings. The van der Waals surface area contributed by atoms with E-state index in [0.29, 0.717) is 17.9 Å². The number of nitrogens with zero attached hydrogens (tertiary/aromatic N) is 1. The highest BCUT2D eigenvalue weighted by Gasteiger charge is 2.10. The number of imide groups is 1. The minimum atomic E-state index is -0.587. The summed E-state index contributed by atoms with van der Waals surface area (Å²) in [5.74, 6) is -0.282. The van der Waals surface area contributed by atoms with Crippen LogP contribution in [0.2, 0.25) is 0 Å². The van der Waals surface area contributed by atoms with Crippen molar-refractivity contribution in [3.63, 3.8) is 0 Å². The third kappa shape index (κ3) is 4.61. The van der Waals surface area contributed by atoms with Gasteiger partial charge < -0.3 is 10.1 Å². The summed E-state index contributed by atoms with van der Waals surface area (Å²) in [5.41, 5.74) is 0.331. The van der Waals surface area contributed by atoms with Crippen molar-refractivity contribution in [1.82, 2.24) is 10.6 Å². The number of carbonyl (C=O) groups excluding carboxylic acids is 2. The molecule has 6 nitrogen and oxygen atoms in total. The number of amides is 3. The van der Waals surface area contributed by atoms with Crippen LogP contribution in [0.5, 0.6) is 5.75 Å². The Morgan fingerprint density at radius 1 is 1.23 bits per heavy atom. The van der Waals surface area contributed by atoms with Gasteiger partial charge in [-0.1, -0.05) is 18.2 Å². The van der Waals surface area contributed by atoms with E-state index in [-0.39, 0.29) is 6.61 Å². The van der Waals surface area contributed by atoms with Gasteiger partial charge in [0.25, 0.3) is 5.91 Å². The van der Waals surface area contributed by atoms with Crippen molar-refractivity contribution in [3.05, 3.63) is 52.2 Å². The van der Waals surface area contributed by atoms with Crippen LogP contribution in [0.3, 0.4) is 0 Å². The molecule has 1 aromatic heterocycles. The minimum Gasteiger partial charge on any atom is -0.482 e. The van der Waals surface area contributed by atoms with E-state index < -0.39 is 11.9 Å². The second kappa shape index (κ2) is 7.81. The van der Waals surface area contributed by atoms with Crippen LogP contribution in [0.25, 0.3) is 0 Å². The van der Waals surface area contributed by atoms with Crippen LogP contribution < -0.4 is 15.4 Å². The summed E-state index contributed by atoms with van der Waals surface area (Å²) >= 11 is 1.51. The molecule has 2 rings (SSSR count). The maximum Gasteiger partial charge on any atom is 0.321 e. The summed E-state index contributed by atoms with van der Waals surface area (Å²) in [4.78, 5) is 24.1. The second-order valence-electron chi connectivity index (χ2n) is 4.21. The first-order valence-corrected chi connectivity index (χ1v) is 7.29. The first kappa shape index (κ1) is 15.5. The standard InChI is InChI=1S/C15H13N3O3S/c16-8-11-4-1-2-6-13(11)21-10-14(19)18-15(20)17-9-12-5-3-7-22-12/h1-7H,9-10H2,(H2,17,18,19,20). The predicted molar refractivity (Wildman–Crippen MR) is 81.3 cm³/mol. The number of nitrogens with one attached hydrogen (secondary N) is 2. The van der Waals surface area contributed by atoms with Gasteiger partial charge in [-0.25, -0.2) is 4.79 Å². The van der Waals surface area contributed by atoms with Crippen LogP contribution in [0, 0.1) is 11.3 Å². The lowest BCUT2D eigenvalue weighted by Crippen LogP contribution is -2.41. The summed E-state index contributed by atoms with van der Waals surface area (Å²) in [6.45, 7) is 0.0139. The number of rotatable bonds is 5. The molecule has 0 radical (unpaired) electrons. The van der Waals surface area contributed by atoms with Crippen LogP contribution in [0.15, 0.2) is 41.8 Å². The highest BCUT2D eigenvalue weighted by atomic mass is 32.1. The molecule has 22 heavy (non-hydrogen) atoms. The Morgan fingerprint density at radius 2 is 2.05 bits per heavy atom. The van der Waals surface area contributed by atoms with Crippen molar-refractivity contribution in [2.75, 3.05) is 6.61 Å². The number of urea groups is 1. The topological polar surface area (TPSA) is 91.2 Å². The highest BCUT2D eigenvalue weighted by Crippen LogP contribution is 2.16. The predicted octanol–water partition coefficient (Wildman–Crippen LogP) is 2.02. The van der Waals surface area contributed by atoms with Gasteiger partial charge in [0.1, 0.15) is 11.8 Å². The van der Waals surface area contributed by atoms with Gasteiger partial charge >= 0.3 is 6.03 Å². The van der Waals surface area contributed by atoms with E-state index in [9.17, 15) is 9.59 Å². The molecule has 0 aliphatic heterocycles. The molecule has 7 heteroatoms. The number of nitriles is 1. The third-order valence-electron chi connectivity index (χ3n) is 2.62. The zero-order chi connectivity index (χ0) is 15.8. The Morgan fingerprint density at radius 3 is 2.77 bits per heavy atom. The molecule has 0 atom stereocenters. The van der Waals surface area contributed by atoms with E-state index in [1.807, 2.05) is 23.6 Å². The Hall–Kier alpha value is -2.85. The van der Waals surface area contributed by atoms with E-state index in [0.717, 1.165) is 4.88 Å². The Kier molecular flexibility index (Phi) is 5.51. The van der Waals surface area contributed by atoms with Crippen LogP contribution >= 0.6 is 11.3 Å². The molecule has 0 saturated carbocycles. The summed E-state index contributed by atoms with van der Waals surface area (Å²) in [7, 11) is 0. The molecule has 0 saturated heterocycles. The SMILES string of the molecule is N#Cc1ccccc1OCC(=O)NC(=O)NCc1cccs1. The van der Waals surface area contributed by atoms with Gasteiger partial charge in [0.15, 0.2) is 6.61 Å². The summed E-state index contributed by atoms with van der Waals surface area (Å²) in [6.07, 6.45) is 0. The maximum atomic E-state index is 11.6. The van der Waals surface area contributed by atoms with Crippen LogP contribution in [0.1, 0.15) is 10.4 Å². The molecular weight excluding hydrogens is 302 g/mol. The van der Waals surface area contributed by atoms with E-state index in [1.165, 1.54) is 11.3 Å². The average molecular weight is 315 g/mol. The molecule has 0 spiro atoms. The quantitative estimate of drug-likeness (QED) is 0.883. The fraction of sp³-hybridized carbons (Fsp3) is 0.133. The van der Waals surface area contributed by atoms with Gasteiger partial charge in [-0.05, 0) is 23.6 Å². The van der Waals surface area contributed by atoms with Gasteiger partial charge in [-0.2, -0.15) is 5.26 Å². The number of hydrogen-bond donors (Lipinski definition) is 2. The minimum absolute atomic E-state index is 0.305. The summed E-state index contributed by atoms with van der Waals surface area (Å²) < 4.78 is 5.23. The third-order valence-corrected chi connectivity index (χ3v) is 3.50. The van der Waals surface area contributed by atoms with Crippen molar-refractivity contribution in [3.8, 4) is 11.8 Å². The number of para-hydroxylation sites is 1. The molecular formula is C15H13N3O3S. The van der Waals surface area contributed by atoms with E-state index in [4.69, 9.17) is 10.00 Å². The monoisotopic (exact) mass is 315 g/mol. The summed E-state index contributed by atoms with van der Waals surface area (Å²) in [6, 6.07) is 11.7. The van der Waals surface area contributed by atoms with E-state index in [1.54, 1.807) is 24.3 Å². The fourth-order valence-electron chi connectivity index (χ4n) is 1.62. The molecule has 1 heterocycles. The number of carbonyl (C=O) groups is 2. The number of ether oxygens (including phenoxy) is 1. The molecule has 0 bridgehead atoms. The first-order valence-electron chi connectivity index (χ1n) is 6.41. The zero-order valence-electron chi connectivity index (χ0n) is 11.5. The molecule has 1 aromatic carbocycles. The number of hydrogen-bond acceptors (Lipinski definition) is 5. The molecule has 3 amide bonds. The Labute approximate surface area is 131 Å². The van der Waals surface area contributed by atoms with Crippen LogP contribution in [-0.2, 0) is 11.3 Å². The van der Waals surface area contributed by atoms with Crippen molar-refractivity contribution < 1.29 is 14.3 Å². The van der Waals surface area contributed by atoms with Gasteiger partial charge in [-0.15, -0.1) is 11.3 Å². The first-order chi connectivity index (χ1) is 10.7. The maximum absolute atomic E-state index is 11.6. The van der Waals surface area contributed by atoms with Gasteiger partial charge in [-0.3, -0.25) is 10.1 Å². The molecule has 0 aliphatic carbocycles. The lowest BCUT2D eigenvalue weighted by molar-refractivity contribution is -0.122. The normalized spacial score (nSPS) is 9.59. The zero-order valence-corrected chi connectivity index (χ0v) is 12.4. The highest BCUT2D eigenvalue weighted by molar-refractivity contribution is 7.09. The molecule has 112 valence electrons. The smallest absolute Gasteiger partial charge is 0.321 e. The fourth-order valence-corrected chi connectivity index (χ4v) is 2.26. The number of thiophene rings is 1. The van der Waals surface area contributed by atoms with Crippen LogP contribution in [0.4, 0.5) is 4.79 Å². The number of benzene rings is 1. The molecule has 0 aliphatic rings. The summed E-state index contributed by atoms with van der Waals surface area (Å²) in [5, 5.41) is 15.5. The molecule has 2 N–H and O–H groups in total. The Bertz CT molecular complexity index is 692. The molecule has 0 fully saturated rings.